The molecule has 1 aliphatic heterocycles. The maximum Gasteiger partial charge on any atom is 0.243 e. The highest BCUT2D eigenvalue weighted by Crippen LogP contribution is 2.27. The largest absolute Gasteiger partial charge is 0.383 e. The second-order valence-corrected chi connectivity index (χ2v) is 10.2. The Morgan fingerprint density at radius 3 is 2.73 bits per heavy atom. The van der Waals surface area contributed by atoms with Gasteiger partial charge in [0.1, 0.15) is 11.6 Å². The van der Waals surface area contributed by atoms with Gasteiger partial charge >= 0.3 is 0 Å². The summed E-state index contributed by atoms with van der Waals surface area (Å²) in [5, 5.41) is 11.1. The van der Waals surface area contributed by atoms with Crippen LogP contribution in [0.2, 0.25) is 0 Å². The fourth-order valence-corrected chi connectivity index (χ4v) is 5.74. The normalized spacial score (nSPS) is 17.3. The van der Waals surface area contributed by atoms with Crippen LogP contribution < -0.4 is 5.32 Å². The van der Waals surface area contributed by atoms with Crippen molar-refractivity contribution in [2.75, 3.05) is 20.3 Å². The Labute approximate surface area is 193 Å². The Morgan fingerprint density at radius 1 is 1.18 bits per heavy atom. The molecule has 9 nitrogen and oxygen atoms in total. The molecule has 1 fully saturated rings. The van der Waals surface area contributed by atoms with E-state index in [2.05, 4.69) is 15.6 Å². The molecule has 2 heterocycles. The number of ether oxygens (including phenoxy) is 1. The molecule has 1 aromatic heterocycles. The molecule has 0 spiro atoms. The third-order valence-corrected chi connectivity index (χ3v) is 7.85. The lowest BCUT2D eigenvalue weighted by Crippen LogP contribution is -2.51. The number of nitrogens with one attached hydrogen (secondary N) is 1. The number of amides is 1. The monoisotopic (exact) mass is 471 g/mol. The number of benzene rings is 2. The van der Waals surface area contributed by atoms with Crippen molar-refractivity contribution in [3.05, 3.63) is 53.6 Å². The van der Waals surface area contributed by atoms with Crippen LogP contribution in [0.25, 0.3) is 11.0 Å². The summed E-state index contributed by atoms with van der Waals surface area (Å²) >= 11 is 0. The number of carbonyl (C=O) groups is 1. The molecule has 1 saturated heterocycles. The lowest BCUT2D eigenvalue weighted by Gasteiger charge is -2.33. The summed E-state index contributed by atoms with van der Waals surface area (Å²) in [6.07, 6.45) is 2.02. The first-order valence-electron chi connectivity index (χ1n) is 11.1. The van der Waals surface area contributed by atoms with E-state index < -0.39 is 16.1 Å². The minimum absolute atomic E-state index is 0.118. The van der Waals surface area contributed by atoms with Gasteiger partial charge in [-0.15, -0.1) is 5.10 Å². The number of aromatic nitrogens is 3. The first-order valence-corrected chi connectivity index (χ1v) is 12.5. The maximum absolute atomic E-state index is 13.5. The number of fused-ring (bicyclic) bond motifs is 1. The molecule has 176 valence electrons. The molecule has 1 aliphatic rings. The van der Waals surface area contributed by atoms with E-state index in [1.165, 1.54) is 10.4 Å². The third-order valence-electron chi connectivity index (χ3n) is 5.94. The number of hydrogen-bond donors (Lipinski definition) is 1. The van der Waals surface area contributed by atoms with Crippen LogP contribution in [-0.4, -0.2) is 59.9 Å². The summed E-state index contributed by atoms with van der Waals surface area (Å²) in [5.74, 6) is -0.273. The van der Waals surface area contributed by atoms with Gasteiger partial charge in [-0.3, -0.25) is 4.79 Å². The van der Waals surface area contributed by atoms with Gasteiger partial charge in [-0.1, -0.05) is 41.5 Å². The Morgan fingerprint density at radius 2 is 1.97 bits per heavy atom. The predicted octanol–water partition coefficient (Wildman–Crippen LogP) is 2.25. The zero-order valence-electron chi connectivity index (χ0n) is 18.9. The first kappa shape index (κ1) is 23.3. The highest BCUT2D eigenvalue weighted by Gasteiger charge is 2.37. The van der Waals surface area contributed by atoms with E-state index in [9.17, 15) is 13.2 Å². The van der Waals surface area contributed by atoms with Crippen molar-refractivity contribution in [3.63, 3.8) is 0 Å². The van der Waals surface area contributed by atoms with E-state index in [0.29, 0.717) is 38.2 Å². The van der Waals surface area contributed by atoms with Crippen LogP contribution in [-0.2, 0) is 32.6 Å². The Bertz CT molecular complexity index is 1220. The predicted molar refractivity (Wildman–Crippen MR) is 124 cm³/mol. The summed E-state index contributed by atoms with van der Waals surface area (Å²) < 4.78 is 35.1. The molecule has 2 aromatic carbocycles. The maximum atomic E-state index is 13.5. The van der Waals surface area contributed by atoms with Crippen LogP contribution in [0.1, 0.15) is 30.4 Å². The molecule has 4 rings (SSSR count). The number of carbonyl (C=O) groups excluding carboxylic acids is 1. The fraction of sp³-hybridized carbons (Fsp3) is 0.435. The molecular formula is C23H29N5O4S. The molecule has 0 aliphatic carbocycles. The standard InChI is InChI=1S/C23H29N5O4S/c1-17-6-8-18(9-7-17)16-24-23(29)22-5-3-4-12-28(22)33(30,31)19-10-11-21-20(15-19)25-26-27(21)13-14-32-2/h6-11,15,22H,3-5,12-14,16H2,1-2H3,(H,24,29)/t22-/m1/s1. The van der Waals surface area contributed by atoms with E-state index in [1.807, 2.05) is 31.2 Å². The second-order valence-electron chi connectivity index (χ2n) is 8.29. The third kappa shape index (κ3) is 5.07. The van der Waals surface area contributed by atoms with E-state index in [-0.39, 0.29) is 10.8 Å². The van der Waals surface area contributed by atoms with E-state index in [4.69, 9.17) is 4.74 Å². The van der Waals surface area contributed by atoms with Gasteiger partial charge in [-0.2, -0.15) is 4.31 Å². The van der Waals surface area contributed by atoms with Crippen LogP contribution in [0.3, 0.4) is 0 Å². The Hall–Kier alpha value is -2.82. The zero-order valence-corrected chi connectivity index (χ0v) is 19.7. The molecule has 0 saturated carbocycles. The summed E-state index contributed by atoms with van der Waals surface area (Å²) in [5.41, 5.74) is 3.34. The van der Waals surface area contributed by atoms with Crippen molar-refractivity contribution in [2.24, 2.45) is 0 Å². The summed E-state index contributed by atoms with van der Waals surface area (Å²) in [7, 11) is -2.27. The number of methoxy groups -OCH3 is 1. The number of piperidine rings is 1. The second kappa shape index (κ2) is 9.98. The summed E-state index contributed by atoms with van der Waals surface area (Å²) in [4.78, 5) is 13.1. The molecular weight excluding hydrogens is 442 g/mol. The quantitative estimate of drug-likeness (QED) is 0.540. The molecule has 10 heteroatoms. The number of nitrogens with zero attached hydrogens (tertiary/aromatic N) is 4. The number of aryl methyl sites for hydroxylation is 1. The zero-order chi connectivity index (χ0) is 23.4. The summed E-state index contributed by atoms with van der Waals surface area (Å²) in [6.45, 7) is 3.67. The average Bonchev–Trinajstić information content (AvgIpc) is 3.24. The lowest BCUT2D eigenvalue weighted by molar-refractivity contribution is -0.125. The van der Waals surface area contributed by atoms with Gasteiger partial charge in [0.05, 0.1) is 23.6 Å². The SMILES string of the molecule is COCCn1nnc2cc(S(=O)(=O)N3CCCC[C@@H]3C(=O)NCc3ccc(C)cc3)ccc21. The highest BCUT2D eigenvalue weighted by molar-refractivity contribution is 7.89. The first-order chi connectivity index (χ1) is 15.9. The minimum Gasteiger partial charge on any atom is -0.383 e. The number of hydrogen-bond acceptors (Lipinski definition) is 6. The van der Waals surface area contributed by atoms with Crippen molar-refractivity contribution < 1.29 is 17.9 Å². The minimum atomic E-state index is -3.87. The lowest BCUT2D eigenvalue weighted by atomic mass is 10.0. The summed E-state index contributed by atoms with van der Waals surface area (Å²) in [6, 6.07) is 11.9. The van der Waals surface area contributed by atoms with Gasteiger partial charge in [0.15, 0.2) is 0 Å². The molecule has 0 bridgehead atoms. The molecule has 1 atom stereocenters. The van der Waals surface area contributed by atoms with Gasteiger partial charge in [-0.05, 0) is 43.5 Å². The molecule has 1 amide bonds. The molecule has 0 radical (unpaired) electrons. The van der Waals surface area contributed by atoms with E-state index in [0.717, 1.165) is 29.5 Å². The molecule has 1 N–H and O–H groups in total. The number of rotatable bonds is 8. The molecule has 33 heavy (non-hydrogen) atoms. The molecule has 3 aromatic rings. The highest BCUT2D eigenvalue weighted by atomic mass is 32.2. The van der Waals surface area contributed by atoms with Gasteiger partial charge < -0.3 is 10.1 Å². The van der Waals surface area contributed by atoms with Crippen molar-refractivity contribution >= 4 is 27.0 Å². The van der Waals surface area contributed by atoms with Crippen LogP contribution in [0.15, 0.2) is 47.4 Å². The number of sulfonamides is 1. The van der Waals surface area contributed by atoms with Crippen molar-refractivity contribution in [1.29, 1.82) is 0 Å². The van der Waals surface area contributed by atoms with Crippen molar-refractivity contribution in [1.82, 2.24) is 24.6 Å². The van der Waals surface area contributed by atoms with Crippen LogP contribution in [0.4, 0.5) is 0 Å². The van der Waals surface area contributed by atoms with Crippen LogP contribution in [0, 0.1) is 6.92 Å². The van der Waals surface area contributed by atoms with Crippen LogP contribution >= 0.6 is 0 Å². The van der Waals surface area contributed by atoms with Gasteiger partial charge in [0.25, 0.3) is 0 Å². The van der Waals surface area contributed by atoms with Gasteiger partial charge in [-0.25, -0.2) is 13.1 Å². The van der Waals surface area contributed by atoms with Crippen molar-refractivity contribution in [3.8, 4) is 0 Å². The molecule has 0 unspecified atom stereocenters. The van der Waals surface area contributed by atoms with Crippen molar-refractivity contribution in [2.45, 2.75) is 50.2 Å². The van der Waals surface area contributed by atoms with E-state index >= 15 is 0 Å². The smallest absolute Gasteiger partial charge is 0.243 e. The van der Waals surface area contributed by atoms with Gasteiger partial charge in [0.2, 0.25) is 15.9 Å². The Balaban J connectivity index is 1.53. The van der Waals surface area contributed by atoms with E-state index in [1.54, 1.807) is 23.9 Å². The van der Waals surface area contributed by atoms with Crippen LogP contribution in [0.5, 0.6) is 0 Å². The Kier molecular flexibility index (Phi) is 7.06. The van der Waals surface area contributed by atoms with Gasteiger partial charge in [0, 0.05) is 20.2 Å². The fourth-order valence-electron chi connectivity index (χ4n) is 4.06. The topological polar surface area (TPSA) is 106 Å². The average molecular weight is 472 g/mol.